The number of rotatable bonds is 6. The summed E-state index contributed by atoms with van der Waals surface area (Å²) in [5.74, 6) is 0.841. The van der Waals surface area contributed by atoms with Gasteiger partial charge in [-0.15, -0.1) is 0 Å². The van der Waals surface area contributed by atoms with Crippen molar-refractivity contribution in [2.24, 2.45) is 0 Å². The van der Waals surface area contributed by atoms with Crippen LogP contribution in [0.5, 0.6) is 0 Å². The maximum absolute atomic E-state index is 13.6. The number of benzene rings is 2. The minimum Gasteiger partial charge on any atom is -0.366 e. The lowest BCUT2D eigenvalue weighted by molar-refractivity contribution is -0.119. The topological polar surface area (TPSA) is 96.8 Å². The second-order valence-electron chi connectivity index (χ2n) is 8.02. The predicted molar refractivity (Wildman–Crippen MR) is 123 cm³/mol. The van der Waals surface area contributed by atoms with E-state index in [1.807, 2.05) is 24.3 Å². The Balaban J connectivity index is 1.52. The molecule has 8 nitrogen and oxygen atoms in total. The second-order valence-corrected chi connectivity index (χ2v) is 8.02. The quantitative estimate of drug-likeness (QED) is 0.422. The van der Waals surface area contributed by atoms with Crippen molar-refractivity contribution >= 4 is 22.6 Å². The average molecular weight is 446 g/mol. The number of halogens is 1. The van der Waals surface area contributed by atoms with Crippen molar-refractivity contribution in [3.63, 3.8) is 0 Å². The van der Waals surface area contributed by atoms with Crippen molar-refractivity contribution in [1.29, 1.82) is 0 Å². The fourth-order valence-electron chi connectivity index (χ4n) is 4.05. The molecule has 33 heavy (non-hydrogen) atoms. The second kappa shape index (κ2) is 8.95. The number of aromatic nitrogens is 4. The Kier molecular flexibility index (Phi) is 5.70. The standard InChI is InChI=1S/C24H24FN7O/c1-15(33)27-12-17-5-3-7-22-19(17)14-29-32(22)24-30-21-8-9-26-13-20(21)23(31-24)28-11-16-4-2-6-18(25)10-16/h2-7,10,14,26H,8-9,11-13H2,1H3,(H,27,33)(H,28,30,31). The maximum Gasteiger partial charge on any atom is 0.253 e. The summed E-state index contributed by atoms with van der Waals surface area (Å²) in [5.41, 5.74) is 4.66. The average Bonchev–Trinajstić information content (AvgIpc) is 3.26. The predicted octanol–water partition coefficient (Wildman–Crippen LogP) is 2.85. The Morgan fingerprint density at radius 2 is 2.06 bits per heavy atom. The molecule has 5 rings (SSSR count). The molecule has 0 unspecified atom stereocenters. The van der Waals surface area contributed by atoms with E-state index in [0.29, 0.717) is 31.4 Å². The molecule has 0 bridgehead atoms. The number of nitrogens with one attached hydrogen (secondary N) is 3. The molecule has 0 aliphatic carbocycles. The smallest absolute Gasteiger partial charge is 0.253 e. The van der Waals surface area contributed by atoms with Crippen LogP contribution in [0.1, 0.15) is 29.3 Å². The Morgan fingerprint density at radius 1 is 1.18 bits per heavy atom. The monoisotopic (exact) mass is 445 g/mol. The summed E-state index contributed by atoms with van der Waals surface area (Å²) in [4.78, 5) is 21.0. The third-order valence-electron chi connectivity index (χ3n) is 5.69. The van der Waals surface area contributed by atoms with Gasteiger partial charge in [-0.2, -0.15) is 14.8 Å². The van der Waals surface area contributed by atoms with Crippen molar-refractivity contribution in [3.8, 4) is 5.95 Å². The van der Waals surface area contributed by atoms with Crippen LogP contribution in [0, 0.1) is 5.82 Å². The molecule has 3 heterocycles. The van der Waals surface area contributed by atoms with Crippen LogP contribution in [-0.2, 0) is 30.8 Å². The lowest BCUT2D eigenvalue weighted by Gasteiger charge is -2.21. The number of hydrogen-bond donors (Lipinski definition) is 3. The zero-order valence-electron chi connectivity index (χ0n) is 18.2. The molecule has 2 aromatic heterocycles. The fraction of sp³-hybridized carbons (Fsp3) is 0.250. The number of amides is 1. The number of hydrogen-bond acceptors (Lipinski definition) is 6. The van der Waals surface area contributed by atoms with Crippen molar-refractivity contribution in [1.82, 2.24) is 30.4 Å². The molecule has 4 aromatic rings. The first-order valence-electron chi connectivity index (χ1n) is 10.9. The van der Waals surface area contributed by atoms with E-state index in [4.69, 9.17) is 9.97 Å². The molecule has 0 saturated carbocycles. The van der Waals surface area contributed by atoms with Gasteiger partial charge in [-0.3, -0.25) is 4.79 Å². The third kappa shape index (κ3) is 4.40. The lowest BCUT2D eigenvalue weighted by atomic mass is 10.1. The van der Waals surface area contributed by atoms with Gasteiger partial charge in [0.1, 0.15) is 11.6 Å². The number of fused-ring (bicyclic) bond motifs is 2. The summed E-state index contributed by atoms with van der Waals surface area (Å²) < 4.78 is 15.3. The third-order valence-corrected chi connectivity index (χ3v) is 5.69. The van der Waals surface area contributed by atoms with Crippen LogP contribution in [0.3, 0.4) is 0 Å². The first kappa shape index (κ1) is 21.0. The van der Waals surface area contributed by atoms with Gasteiger partial charge in [-0.05, 0) is 29.3 Å². The van der Waals surface area contributed by atoms with Crippen molar-refractivity contribution in [2.45, 2.75) is 33.0 Å². The van der Waals surface area contributed by atoms with E-state index >= 15 is 0 Å². The molecule has 1 aliphatic rings. The van der Waals surface area contributed by atoms with E-state index in [-0.39, 0.29) is 11.7 Å². The normalized spacial score (nSPS) is 13.0. The van der Waals surface area contributed by atoms with Gasteiger partial charge in [0, 0.05) is 50.5 Å². The zero-order valence-corrected chi connectivity index (χ0v) is 18.2. The molecule has 1 aliphatic heterocycles. The summed E-state index contributed by atoms with van der Waals surface area (Å²) >= 11 is 0. The molecule has 2 aromatic carbocycles. The van der Waals surface area contributed by atoms with Gasteiger partial charge < -0.3 is 16.0 Å². The van der Waals surface area contributed by atoms with E-state index in [9.17, 15) is 9.18 Å². The highest BCUT2D eigenvalue weighted by Crippen LogP contribution is 2.25. The lowest BCUT2D eigenvalue weighted by Crippen LogP contribution is -2.27. The largest absolute Gasteiger partial charge is 0.366 e. The molecule has 0 saturated heterocycles. The SMILES string of the molecule is CC(=O)NCc1cccc2c1cnn2-c1nc2c(c(NCc3cccc(F)c3)n1)CNCC2. The highest BCUT2D eigenvalue weighted by atomic mass is 19.1. The number of anilines is 1. The Labute approximate surface area is 190 Å². The van der Waals surface area contributed by atoms with E-state index in [2.05, 4.69) is 21.0 Å². The van der Waals surface area contributed by atoms with Gasteiger partial charge >= 0.3 is 0 Å². The molecule has 0 spiro atoms. The van der Waals surface area contributed by atoms with Crippen molar-refractivity contribution in [3.05, 3.63) is 76.9 Å². The first-order chi connectivity index (χ1) is 16.1. The van der Waals surface area contributed by atoms with Crippen LogP contribution in [-0.4, -0.2) is 32.2 Å². The summed E-state index contributed by atoms with van der Waals surface area (Å²) in [6.45, 7) is 3.88. The molecule has 1 amide bonds. The maximum atomic E-state index is 13.6. The van der Waals surface area contributed by atoms with Gasteiger partial charge in [-0.1, -0.05) is 24.3 Å². The van der Waals surface area contributed by atoms with Crippen molar-refractivity contribution in [2.75, 3.05) is 11.9 Å². The van der Waals surface area contributed by atoms with Gasteiger partial charge in [-0.25, -0.2) is 9.37 Å². The highest BCUT2D eigenvalue weighted by Gasteiger charge is 2.20. The summed E-state index contributed by atoms with van der Waals surface area (Å²) in [6.07, 6.45) is 2.56. The van der Waals surface area contributed by atoms with Crippen LogP contribution in [0.15, 0.2) is 48.7 Å². The number of carbonyl (C=O) groups excluding carboxylic acids is 1. The molecule has 0 fully saturated rings. The molecule has 3 N–H and O–H groups in total. The van der Waals surface area contributed by atoms with E-state index in [1.165, 1.54) is 19.1 Å². The summed E-state index contributed by atoms with van der Waals surface area (Å²) in [5, 5.41) is 15.1. The Morgan fingerprint density at radius 3 is 2.91 bits per heavy atom. The minimum atomic E-state index is -0.264. The summed E-state index contributed by atoms with van der Waals surface area (Å²) in [6, 6.07) is 12.4. The number of nitrogens with zero attached hydrogens (tertiary/aromatic N) is 4. The molecule has 0 atom stereocenters. The molecular formula is C24H24FN7O. The number of carbonyl (C=O) groups is 1. The van der Waals surface area contributed by atoms with E-state index < -0.39 is 0 Å². The van der Waals surface area contributed by atoms with Gasteiger partial charge in [0.05, 0.1) is 17.4 Å². The van der Waals surface area contributed by atoms with Crippen LogP contribution in [0.25, 0.3) is 16.9 Å². The van der Waals surface area contributed by atoms with Gasteiger partial charge in [0.15, 0.2) is 0 Å². The van der Waals surface area contributed by atoms with Crippen molar-refractivity contribution < 1.29 is 9.18 Å². The van der Waals surface area contributed by atoms with E-state index in [1.54, 1.807) is 16.9 Å². The highest BCUT2D eigenvalue weighted by molar-refractivity contribution is 5.84. The Hall–Kier alpha value is -3.85. The fourth-order valence-corrected chi connectivity index (χ4v) is 4.05. The van der Waals surface area contributed by atoms with Gasteiger partial charge in [0.2, 0.25) is 5.91 Å². The molecule has 9 heteroatoms. The van der Waals surface area contributed by atoms with Crippen LogP contribution >= 0.6 is 0 Å². The molecule has 0 radical (unpaired) electrons. The zero-order chi connectivity index (χ0) is 22.8. The van der Waals surface area contributed by atoms with Crippen LogP contribution in [0.2, 0.25) is 0 Å². The van der Waals surface area contributed by atoms with Gasteiger partial charge in [0.25, 0.3) is 5.95 Å². The molecule has 168 valence electrons. The first-order valence-corrected chi connectivity index (χ1v) is 10.9. The molecular weight excluding hydrogens is 421 g/mol. The van der Waals surface area contributed by atoms with Crippen LogP contribution in [0.4, 0.5) is 10.2 Å². The van der Waals surface area contributed by atoms with E-state index in [0.717, 1.165) is 46.3 Å². The Bertz CT molecular complexity index is 1330. The van der Waals surface area contributed by atoms with Crippen LogP contribution < -0.4 is 16.0 Å². The minimum absolute atomic E-state index is 0.0833. The summed E-state index contributed by atoms with van der Waals surface area (Å²) in [7, 11) is 0.